The van der Waals surface area contributed by atoms with Crippen LogP contribution in [0, 0.1) is 5.92 Å². The lowest BCUT2D eigenvalue weighted by atomic mass is 9.86. The Morgan fingerprint density at radius 3 is 2.91 bits per heavy atom. The van der Waals surface area contributed by atoms with Gasteiger partial charge in [-0.2, -0.15) is 0 Å². The molecule has 2 atom stereocenters. The number of nitrogens with one attached hydrogen (secondary N) is 1. The molecule has 2 heterocycles. The molecule has 0 saturated heterocycles. The Bertz CT molecular complexity index is 775. The molecule has 2 aromatic heterocycles. The van der Waals surface area contributed by atoms with Crippen LogP contribution in [-0.2, 0) is 10.0 Å². The molecule has 120 valence electrons. The van der Waals surface area contributed by atoms with E-state index in [-0.39, 0.29) is 28.7 Å². The van der Waals surface area contributed by atoms with E-state index >= 15 is 0 Å². The summed E-state index contributed by atoms with van der Waals surface area (Å²) in [5, 5.41) is 9.34. The molecular weight excluding hydrogens is 326 g/mol. The number of halogens is 1. The Hall–Kier alpha value is -1.15. The minimum atomic E-state index is -3.81. The van der Waals surface area contributed by atoms with E-state index in [0.29, 0.717) is 5.65 Å². The van der Waals surface area contributed by atoms with Crippen molar-refractivity contribution >= 4 is 27.3 Å². The van der Waals surface area contributed by atoms with Gasteiger partial charge in [-0.15, -0.1) is 0 Å². The number of aliphatic hydroxyl groups is 1. The van der Waals surface area contributed by atoms with E-state index < -0.39 is 10.0 Å². The smallest absolute Gasteiger partial charge is 0.260 e. The maximum absolute atomic E-state index is 12.7. The number of rotatable bonds is 4. The Morgan fingerprint density at radius 1 is 1.36 bits per heavy atom. The van der Waals surface area contributed by atoms with E-state index in [1.807, 2.05) is 0 Å². The van der Waals surface area contributed by atoms with Crippen LogP contribution in [0.2, 0.25) is 5.15 Å². The molecule has 2 aromatic rings. The topological polar surface area (TPSA) is 83.7 Å². The molecule has 1 fully saturated rings. The van der Waals surface area contributed by atoms with Crippen LogP contribution in [0.5, 0.6) is 0 Å². The number of sulfonamides is 1. The van der Waals surface area contributed by atoms with Crippen molar-refractivity contribution in [3.05, 3.63) is 29.5 Å². The summed E-state index contributed by atoms with van der Waals surface area (Å²) in [4.78, 5) is 4.07. The molecule has 1 aliphatic carbocycles. The number of hydrogen-bond acceptors (Lipinski definition) is 4. The quantitative estimate of drug-likeness (QED) is 0.887. The zero-order chi connectivity index (χ0) is 15.7. The standard InChI is InChI=1S/C14H18ClN3O3S/c15-13-14(18-8-4-3-7-12(18)16-13)22(20,21)17-11-6-2-1-5-10(11)9-19/h3-4,7-8,10-11,17,19H,1-2,5-6,9H2. The van der Waals surface area contributed by atoms with Gasteiger partial charge in [0.2, 0.25) is 0 Å². The summed E-state index contributed by atoms with van der Waals surface area (Å²) in [6.07, 6.45) is 5.13. The van der Waals surface area contributed by atoms with Gasteiger partial charge in [-0.1, -0.05) is 30.5 Å². The zero-order valence-electron chi connectivity index (χ0n) is 11.9. The summed E-state index contributed by atoms with van der Waals surface area (Å²) in [5.41, 5.74) is 0.482. The first-order valence-electron chi connectivity index (χ1n) is 7.28. The summed E-state index contributed by atoms with van der Waals surface area (Å²) < 4.78 is 29.6. The first-order chi connectivity index (χ1) is 10.5. The minimum Gasteiger partial charge on any atom is -0.396 e. The van der Waals surface area contributed by atoms with Crippen LogP contribution < -0.4 is 4.72 Å². The molecule has 0 spiro atoms. The fraction of sp³-hybridized carbons (Fsp3) is 0.500. The highest BCUT2D eigenvalue weighted by Crippen LogP contribution is 2.27. The molecule has 1 aliphatic rings. The molecule has 22 heavy (non-hydrogen) atoms. The molecule has 0 amide bonds. The van der Waals surface area contributed by atoms with E-state index in [0.717, 1.165) is 25.7 Å². The van der Waals surface area contributed by atoms with E-state index in [9.17, 15) is 13.5 Å². The molecule has 0 radical (unpaired) electrons. The SMILES string of the molecule is O=S(=O)(NC1CCCCC1CO)c1c(Cl)nc2ccccn12. The molecule has 8 heteroatoms. The van der Waals surface area contributed by atoms with E-state index in [2.05, 4.69) is 9.71 Å². The monoisotopic (exact) mass is 343 g/mol. The van der Waals surface area contributed by atoms with Gasteiger partial charge in [0, 0.05) is 18.8 Å². The Balaban J connectivity index is 1.96. The maximum atomic E-state index is 12.7. The fourth-order valence-electron chi connectivity index (χ4n) is 3.02. The predicted molar refractivity (Wildman–Crippen MR) is 83.4 cm³/mol. The lowest BCUT2D eigenvalue weighted by molar-refractivity contribution is 0.164. The molecule has 0 aliphatic heterocycles. The van der Waals surface area contributed by atoms with Crippen molar-refractivity contribution in [2.45, 2.75) is 36.8 Å². The Labute approximate surface area is 134 Å². The highest BCUT2D eigenvalue weighted by atomic mass is 35.5. The second kappa shape index (κ2) is 6.16. The van der Waals surface area contributed by atoms with E-state index in [4.69, 9.17) is 11.6 Å². The Morgan fingerprint density at radius 2 is 2.14 bits per heavy atom. The molecule has 1 saturated carbocycles. The molecule has 2 N–H and O–H groups in total. The molecule has 3 rings (SSSR count). The van der Waals surface area contributed by atoms with Gasteiger partial charge in [-0.25, -0.2) is 18.1 Å². The van der Waals surface area contributed by atoms with Gasteiger partial charge in [0.1, 0.15) is 5.65 Å². The number of nitrogens with zero attached hydrogens (tertiary/aromatic N) is 2. The van der Waals surface area contributed by atoms with Gasteiger partial charge in [0.15, 0.2) is 10.2 Å². The lowest BCUT2D eigenvalue weighted by Gasteiger charge is -2.30. The molecule has 0 bridgehead atoms. The summed E-state index contributed by atoms with van der Waals surface area (Å²) in [6, 6.07) is 4.92. The number of aromatic nitrogens is 2. The van der Waals surface area contributed by atoms with Gasteiger partial charge in [0.25, 0.3) is 10.0 Å². The van der Waals surface area contributed by atoms with Gasteiger partial charge in [0.05, 0.1) is 0 Å². The predicted octanol–water partition coefficient (Wildman–Crippen LogP) is 1.82. The molecule has 2 unspecified atom stereocenters. The highest BCUT2D eigenvalue weighted by Gasteiger charge is 2.32. The summed E-state index contributed by atoms with van der Waals surface area (Å²) in [6.45, 7) is -0.0198. The largest absolute Gasteiger partial charge is 0.396 e. The number of pyridine rings is 1. The second-order valence-corrected chi connectivity index (χ2v) is 7.58. The summed E-state index contributed by atoms with van der Waals surface area (Å²) in [5.74, 6) is -0.0542. The zero-order valence-corrected chi connectivity index (χ0v) is 13.5. The van der Waals surface area contributed by atoms with Crippen LogP contribution >= 0.6 is 11.6 Å². The number of fused-ring (bicyclic) bond motifs is 1. The van der Waals surface area contributed by atoms with Gasteiger partial charge < -0.3 is 5.11 Å². The number of aliphatic hydroxyl groups excluding tert-OH is 1. The maximum Gasteiger partial charge on any atom is 0.260 e. The van der Waals surface area contributed by atoms with Crippen molar-refractivity contribution in [3.8, 4) is 0 Å². The van der Waals surface area contributed by atoms with Crippen molar-refractivity contribution in [3.63, 3.8) is 0 Å². The van der Waals surface area contributed by atoms with Gasteiger partial charge in [-0.05, 0) is 30.9 Å². The van der Waals surface area contributed by atoms with Crippen molar-refractivity contribution in [1.82, 2.24) is 14.1 Å². The third-order valence-electron chi connectivity index (χ3n) is 4.15. The van der Waals surface area contributed by atoms with Crippen molar-refractivity contribution < 1.29 is 13.5 Å². The first kappa shape index (κ1) is 15.7. The minimum absolute atomic E-state index is 0.0198. The van der Waals surface area contributed by atoms with Crippen LogP contribution in [0.3, 0.4) is 0 Å². The van der Waals surface area contributed by atoms with E-state index in [1.165, 1.54) is 4.40 Å². The lowest BCUT2D eigenvalue weighted by Crippen LogP contribution is -2.43. The normalized spacial score (nSPS) is 23.0. The highest BCUT2D eigenvalue weighted by molar-refractivity contribution is 7.89. The van der Waals surface area contributed by atoms with Crippen molar-refractivity contribution in [2.24, 2.45) is 5.92 Å². The van der Waals surface area contributed by atoms with Crippen LogP contribution in [0.25, 0.3) is 5.65 Å². The average Bonchev–Trinajstić information content (AvgIpc) is 2.84. The third kappa shape index (κ3) is 2.86. The van der Waals surface area contributed by atoms with Crippen molar-refractivity contribution in [1.29, 1.82) is 0 Å². The summed E-state index contributed by atoms with van der Waals surface area (Å²) >= 11 is 6.04. The Kier molecular flexibility index (Phi) is 4.40. The molecular formula is C14H18ClN3O3S. The average molecular weight is 344 g/mol. The summed E-state index contributed by atoms with van der Waals surface area (Å²) in [7, 11) is -3.81. The van der Waals surface area contributed by atoms with Gasteiger partial charge >= 0.3 is 0 Å². The molecule has 0 aromatic carbocycles. The van der Waals surface area contributed by atoms with Crippen molar-refractivity contribution in [2.75, 3.05) is 6.61 Å². The second-order valence-electron chi connectivity index (χ2n) is 5.59. The number of hydrogen-bond donors (Lipinski definition) is 2. The van der Waals surface area contributed by atoms with Gasteiger partial charge in [-0.3, -0.25) is 4.40 Å². The number of imidazole rings is 1. The molecule has 6 nitrogen and oxygen atoms in total. The van der Waals surface area contributed by atoms with Crippen LogP contribution in [0.4, 0.5) is 0 Å². The fourth-order valence-corrected chi connectivity index (χ4v) is 5.01. The van der Waals surface area contributed by atoms with Crippen LogP contribution in [0.1, 0.15) is 25.7 Å². The first-order valence-corrected chi connectivity index (χ1v) is 9.15. The van der Waals surface area contributed by atoms with Crippen LogP contribution in [0.15, 0.2) is 29.4 Å². The third-order valence-corrected chi connectivity index (χ3v) is 6.04. The van der Waals surface area contributed by atoms with Crippen LogP contribution in [-0.4, -0.2) is 35.6 Å². The van der Waals surface area contributed by atoms with E-state index in [1.54, 1.807) is 24.4 Å².